The number of rotatable bonds is 5. The molecule has 2 aromatic rings. The van der Waals surface area contributed by atoms with Crippen LogP contribution in [-0.4, -0.2) is 41.2 Å². The molecule has 22 heavy (non-hydrogen) atoms. The van der Waals surface area contributed by atoms with E-state index < -0.39 is 0 Å². The summed E-state index contributed by atoms with van der Waals surface area (Å²) in [5, 5.41) is 1.11. The Labute approximate surface area is 131 Å². The number of ether oxygens (including phenoxy) is 1. The summed E-state index contributed by atoms with van der Waals surface area (Å²) in [7, 11) is 1.96. The van der Waals surface area contributed by atoms with E-state index >= 15 is 0 Å². The lowest BCUT2D eigenvalue weighted by Gasteiger charge is -2.25. The zero-order valence-electron chi connectivity index (χ0n) is 13.4. The molecular weight excluding hydrogens is 276 g/mol. The number of carbonyl (C=O) groups excluding carboxylic acids is 1. The van der Waals surface area contributed by atoms with Crippen LogP contribution in [0.25, 0.3) is 10.9 Å². The van der Waals surface area contributed by atoms with Gasteiger partial charge in [-0.15, -0.1) is 0 Å². The van der Waals surface area contributed by atoms with E-state index in [-0.39, 0.29) is 12.0 Å². The van der Waals surface area contributed by atoms with Crippen molar-refractivity contribution in [1.82, 2.24) is 9.47 Å². The molecule has 3 rings (SSSR count). The maximum Gasteiger partial charge on any atom is 0.270 e. The van der Waals surface area contributed by atoms with E-state index in [0.717, 1.165) is 49.0 Å². The van der Waals surface area contributed by atoms with Crippen LogP contribution in [0.1, 0.15) is 36.7 Å². The van der Waals surface area contributed by atoms with E-state index in [9.17, 15) is 4.79 Å². The largest absolute Gasteiger partial charge is 0.376 e. The molecule has 1 aromatic heterocycles. The molecule has 118 valence electrons. The lowest BCUT2D eigenvalue weighted by atomic mass is 10.2. The first-order valence-electron chi connectivity index (χ1n) is 8.16. The molecule has 1 fully saturated rings. The zero-order chi connectivity index (χ0) is 15.5. The second kappa shape index (κ2) is 6.53. The lowest BCUT2D eigenvalue weighted by molar-refractivity contribution is 0.0519. The van der Waals surface area contributed by atoms with Gasteiger partial charge in [-0.1, -0.05) is 25.1 Å². The van der Waals surface area contributed by atoms with Gasteiger partial charge in [0.25, 0.3) is 5.91 Å². The molecule has 1 aliphatic heterocycles. The van der Waals surface area contributed by atoms with Gasteiger partial charge in [-0.3, -0.25) is 4.79 Å². The average molecular weight is 300 g/mol. The fourth-order valence-electron chi connectivity index (χ4n) is 3.24. The first kappa shape index (κ1) is 15.1. The van der Waals surface area contributed by atoms with Crippen molar-refractivity contribution in [1.29, 1.82) is 0 Å². The Hall–Kier alpha value is -1.81. The maximum atomic E-state index is 13.0. The molecule has 0 saturated carbocycles. The van der Waals surface area contributed by atoms with Gasteiger partial charge < -0.3 is 14.2 Å². The van der Waals surface area contributed by atoms with Crippen molar-refractivity contribution in [2.75, 3.05) is 19.7 Å². The summed E-state index contributed by atoms with van der Waals surface area (Å²) in [5.74, 6) is 0.107. The van der Waals surface area contributed by atoms with Crippen molar-refractivity contribution in [3.63, 3.8) is 0 Å². The Bertz CT molecular complexity index is 656. The van der Waals surface area contributed by atoms with Gasteiger partial charge in [0, 0.05) is 37.6 Å². The van der Waals surface area contributed by atoms with Crippen LogP contribution in [0.3, 0.4) is 0 Å². The number of aromatic nitrogens is 1. The number of nitrogens with zero attached hydrogens (tertiary/aromatic N) is 2. The summed E-state index contributed by atoms with van der Waals surface area (Å²) < 4.78 is 7.70. The Morgan fingerprint density at radius 1 is 1.41 bits per heavy atom. The molecule has 0 N–H and O–H groups in total. The highest BCUT2D eigenvalue weighted by Gasteiger charge is 2.24. The van der Waals surface area contributed by atoms with Crippen molar-refractivity contribution >= 4 is 16.8 Å². The minimum Gasteiger partial charge on any atom is -0.376 e. The molecule has 4 heteroatoms. The molecule has 0 aliphatic carbocycles. The molecule has 1 unspecified atom stereocenters. The molecule has 1 amide bonds. The minimum absolute atomic E-state index is 0.107. The summed E-state index contributed by atoms with van der Waals surface area (Å²) in [6, 6.07) is 10.1. The fraction of sp³-hybridized carbons (Fsp3) is 0.500. The van der Waals surface area contributed by atoms with Crippen LogP contribution in [0.15, 0.2) is 30.3 Å². The van der Waals surface area contributed by atoms with Crippen LogP contribution in [0.4, 0.5) is 0 Å². The monoisotopic (exact) mass is 300 g/mol. The second-order valence-electron chi connectivity index (χ2n) is 6.03. The van der Waals surface area contributed by atoms with E-state index in [0.29, 0.717) is 6.54 Å². The summed E-state index contributed by atoms with van der Waals surface area (Å²) >= 11 is 0. The van der Waals surface area contributed by atoms with Crippen molar-refractivity contribution in [3.8, 4) is 0 Å². The van der Waals surface area contributed by atoms with Gasteiger partial charge in [-0.2, -0.15) is 0 Å². The Morgan fingerprint density at radius 3 is 2.91 bits per heavy atom. The predicted octanol–water partition coefficient (Wildman–Crippen LogP) is 3.21. The summed E-state index contributed by atoms with van der Waals surface area (Å²) in [5.41, 5.74) is 1.85. The van der Waals surface area contributed by atoms with Crippen molar-refractivity contribution < 1.29 is 9.53 Å². The molecule has 1 atom stereocenters. The number of hydrogen-bond acceptors (Lipinski definition) is 2. The van der Waals surface area contributed by atoms with Crippen molar-refractivity contribution in [2.24, 2.45) is 7.05 Å². The second-order valence-corrected chi connectivity index (χ2v) is 6.03. The number of hydrogen-bond donors (Lipinski definition) is 0. The SMILES string of the molecule is CCCN(CC1CCCO1)C(=O)c1cc2ccccc2n1C. The van der Waals surface area contributed by atoms with Crippen LogP contribution in [0, 0.1) is 0 Å². The predicted molar refractivity (Wildman–Crippen MR) is 88.1 cm³/mol. The number of fused-ring (bicyclic) bond motifs is 1. The van der Waals surface area contributed by atoms with E-state index in [1.165, 1.54) is 0 Å². The van der Waals surface area contributed by atoms with E-state index in [4.69, 9.17) is 4.74 Å². The number of benzene rings is 1. The highest BCUT2D eigenvalue weighted by atomic mass is 16.5. The topological polar surface area (TPSA) is 34.5 Å². The van der Waals surface area contributed by atoms with E-state index in [1.807, 2.05) is 34.7 Å². The highest BCUT2D eigenvalue weighted by molar-refractivity contribution is 5.98. The first-order valence-corrected chi connectivity index (χ1v) is 8.16. The summed E-state index contributed by atoms with van der Waals surface area (Å²) in [6.45, 7) is 4.42. The lowest BCUT2D eigenvalue weighted by Crippen LogP contribution is -2.38. The Morgan fingerprint density at radius 2 is 2.23 bits per heavy atom. The third kappa shape index (κ3) is 2.88. The quantitative estimate of drug-likeness (QED) is 0.850. The molecule has 1 aromatic carbocycles. The molecular formula is C18H24N2O2. The van der Waals surface area contributed by atoms with Crippen LogP contribution in [0.2, 0.25) is 0 Å². The summed E-state index contributed by atoms with van der Waals surface area (Å²) in [6.07, 6.45) is 3.32. The van der Waals surface area contributed by atoms with Crippen molar-refractivity contribution in [2.45, 2.75) is 32.3 Å². The first-order chi connectivity index (χ1) is 10.7. The van der Waals surface area contributed by atoms with Gasteiger partial charge >= 0.3 is 0 Å². The number of para-hydroxylation sites is 1. The smallest absolute Gasteiger partial charge is 0.270 e. The Balaban J connectivity index is 1.85. The Kier molecular flexibility index (Phi) is 4.48. The van der Waals surface area contributed by atoms with Gasteiger partial charge in [0.1, 0.15) is 5.69 Å². The van der Waals surface area contributed by atoms with Crippen LogP contribution >= 0.6 is 0 Å². The standard InChI is InChI=1S/C18H24N2O2/c1-3-10-20(13-15-8-6-11-22-15)18(21)17-12-14-7-4-5-9-16(14)19(17)2/h4-5,7,9,12,15H,3,6,8,10-11,13H2,1-2H3. The van der Waals surface area contributed by atoms with Gasteiger partial charge in [-0.05, 0) is 31.4 Å². The van der Waals surface area contributed by atoms with Gasteiger partial charge in [0.05, 0.1) is 6.10 Å². The normalized spacial score (nSPS) is 18.0. The maximum absolute atomic E-state index is 13.0. The number of carbonyl (C=O) groups is 1. The van der Waals surface area contributed by atoms with Gasteiger partial charge in [0.2, 0.25) is 0 Å². The average Bonchev–Trinajstić information content (AvgIpc) is 3.15. The van der Waals surface area contributed by atoms with E-state index in [1.54, 1.807) is 0 Å². The number of aryl methyl sites for hydroxylation is 1. The molecule has 0 spiro atoms. The minimum atomic E-state index is 0.107. The van der Waals surface area contributed by atoms with Gasteiger partial charge in [0.15, 0.2) is 0 Å². The van der Waals surface area contributed by atoms with E-state index in [2.05, 4.69) is 19.1 Å². The van der Waals surface area contributed by atoms with Crippen LogP contribution in [0.5, 0.6) is 0 Å². The molecule has 1 saturated heterocycles. The van der Waals surface area contributed by atoms with Crippen LogP contribution in [-0.2, 0) is 11.8 Å². The van der Waals surface area contributed by atoms with Crippen molar-refractivity contribution in [3.05, 3.63) is 36.0 Å². The third-order valence-electron chi connectivity index (χ3n) is 4.40. The molecule has 0 radical (unpaired) electrons. The molecule has 2 heterocycles. The van der Waals surface area contributed by atoms with Gasteiger partial charge in [-0.25, -0.2) is 0 Å². The summed E-state index contributed by atoms with van der Waals surface area (Å²) in [4.78, 5) is 14.9. The molecule has 0 bridgehead atoms. The number of amides is 1. The molecule has 4 nitrogen and oxygen atoms in total. The molecule has 1 aliphatic rings. The van der Waals surface area contributed by atoms with Crippen LogP contribution < -0.4 is 0 Å². The zero-order valence-corrected chi connectivity index (χ0v) is 13.4. The third-order valence-corrected chi connectivity index (χ3v) is 4.40. The highest BCUT2D eigenvalue weighted by Crippen LogP contribution is 2.21. The fourth-order valence-corrected chi connectivity index (χ4v) is 3.24.